The molecule has 2 rings (SSSR count). The van der Waals surface area contributed by atoms with Gasteiger partial charge < -0.3 is 10.1 Å². The molecule has 0 radical (unpaired) electrons. The van der Waals surface area contributed by atoms with E-state index in [2.05, 4.69) is 16.9 Å². The van der Waals surface area contributed by atoms with Crippen molar-refractivity contribution in [2.45, 2.75) is 33.1 Å². The highest BCUT2D eigenvalue weighted by Crippen LogP contribution is 2.24. The summed E-state index contributed by atoms with van der Waals surface area (Å²) in [5, 5.41) is 10.9. The van der Waals surface area contributed by atoms with Crippen molar-refractivity contribution < 1.29 is 5.11 Å². The summed E-state index contributed by atoms with van der Waals surface area (Å²) >= 11 is 0. The fraction of sp³-hybridized carbons (Fsp3) is 0.375. The normalized spacial score (nSPS) is 12.0. The first-order chi connectivity index (χ1) is 9.65. The van der Waals surface area contributed by atoms with Gasteiger partial charge in [-0.1, -0.05) is 31.9 Å². The van der Waals surface area contributed by atoms with Crippen molar-refractivity contribution in [1.82, 2.24) is 4.98 Å². The number of aromatic hydroxyl groups is 1. The van der Waals surface area contributed by atoms with Crippen molar-refractivity contribution >= 4 is 16.6 Å². The van der Waals surface area contributed by atoms with Crippen LogP contribution in [0.1, 0.15) is 38.7 Å². The molecule has 0 saturated carbocycles. The van der Waals surface area contributed by atoms with Gasteiger partial charge in [-0.15, -0.1) is 0 Å². The predicted molar refractivity (Wildman–Crippen MR) is 82.8 cm³/mol. The lowest BCUT2D eigenvalue weighted by molar-refractivity contribution is 0.479. The fourth-order valence-electron chi connectivity index (χ4n) is 2.25. The summed E-state index contributed by atoms with van der Waals surface area (Å²) in [4.78, 5) is 19.3. The van der Waals surface area contributed by atoms with Gasteiger partial charge in [0.2, 0.25) is 0 Å². The zero-order chi connectivity index (χ0) is 14.5. The average molecular weight is 272 g/mol. The monoisotopic (exact) mass is 272 g/mol. The molecule has 0 unspecified atom stereocenters. The van der Waals surface area contributed by atoms with Gasteiger partial charge in [0.25, 0.3) is 5.56 Å². The van der Waals surface area contributed by atoms with Crippen LogP contribution >= 0.6 is 0 Å². The number of nitrogens with one attached hydrogen (secondary N) is 1. The number of nitrogens with zero attached hydrogens (tertiary/aromatic N) is 1. The first-order valence-corrected chi connectivity index (χ1v) is 7.00. The van der Waals surface area contributed by atoms with E-state index in [0.717, 1.165) is 19.3 Å². The second-order valence-electron chi connectivity index (χ2n) is 4.90. The lowest BCUT2D eigenvalue weighted by atomic mass is 10.1. The number of H-pyrrole nitrogens is 1. The van der Waals surface area contributed by atoms with Gasteiger partial charge in [-0.05, 0) is 25.5 Å². The highest BCUT2D eigenvalue weighted by atomic mass is 16.3. The van der Waals surface area contributed by atoms with Crippen LogP contribution in [0.2, 0.25) is 0 Å². The number of aliphatic imine (C=N–C) groups is 1. The topological polar surface area (TPSA) is 65.5 Å². The Kier molecular flexibility index (Phi) is 4.56. The van der Waals surface area contributed by atoms with Gasteiger partial charge in [0.1, 0.15) is 11.3 Å². The minimum atomic E-state index is -0.294. The van der Waals surface area contributed by atoms with Crippen molar-refractivity contribution in [3.05, 3.63) is 40.2 Å². The molecule has 0 aliphatic heterocycles. The second kappa shape index (κ2) is 6.37. The molecule has 0 aliphatic carbocycles. The van der Waals surface area contributed by atoms with Crippen LogP contribution in [-0.2, 0) is 0 Å². The molecule has 0 atom stereocenters. The zero-order valence-electron chi connectivity index (χ0n) is 11.9. The van der Waals surface area contributed by atoms with E-state index in [1.165, 1.54) is 0 Å². The number of aromatic nitrogens is 1. The zero-order valence-corrected chi connectivity index (χ0v) is 11.9. The quantitative estimate of drug-likeness (QED) is 0.648. The Labute approximate surface area is 118 Å². The van der Waals surface area contributed by atoms with Gasteiger partial charge in [-0.2, -0.15) is 0 Å². The van der Waals surface area contributed by atoms with Crippen molar-refractivity contribution in [3.8, 4) is 5.75 Å². The smallest absolute Gasteiger partial charge is 0.261 e. The summed E-state index contributed by atoms with van der Waals surface area (Å²) in [5.74, 6) is 0.0149. The van der Waals surface area contributed by atoms with E-state index in [1.807, 2.05) is 12.1 Å². The molecule has 0 aliphatic rings. The van der Waals surface area contributed by atoms with Crippen LogP contribution in [0.25, 0.3) is 10.9 Å². The molecule has 106 valence electrons. The van der Waals surface area contributed by atoms with E-state index in [-0.39, 0.29) is 16.9 Å². The summed E-state index contributed by atoms with van der Waals surface area (Å²) in [6.45, 7) is 4.59. The molecule has 4 nitrogen and oxygen atoms in total. The van der Waals surface area contributed by atoms with Crippen molar-refractivity contribution in [2.24, 2.45) is 4.99 Å². The largest absolute Gasteiger partial charge is 0.506 e. The number of pyridine rings is 1. The van der Waals surface area contributed by atoms with Crippen LogP contribution in [0, 0.1) is 0 Å². The number of para-hydroxylation sites is 1. The Morgan fingerprint density at radius 3 is 2.80 bits per heavy atom. The molecule has 2 N–H and O–H groups in total. The van der Waals surface area contributed by atoms with E-state index in [4.69, 9.17) is 0 Å². The maximum absolute atomic E-state index is 12.1. The summed E-state index contributed by atoms with van der Waals surface area (Å²) in [6.07, 6.45) is 3.26. The number of unbranched alkanes of at least 4 members (excludes halogenated alkanes) is 2. The molecule has 1 aromatic carbocycles. The highest BCUT2D eigenvalue weighted by Gasteiger charge is 2.13. The minimum absolute atomic E-state index is 0.0149. The van der Waals surface area contributed by atoms with Gasteiger partial charge in [0, 0.05) is 17.6 Å². The molecule has 0 fully saturated rings. The third-order valence-corrected chi connectivity index (χ3v) is 3.37. The van der Waals surface area contributed by atoms with Crippen LogP contribution in [0.3, 0.4) is 0 Å². The molecule has 1 aromatic heterocycles. The second-order valence-corrected chi connectivity index (χ2v) is 4.90. The SMILES string of the molecule is CCCCCN=C(C)c1c(O)c2ccccc2[nH]c1=O. The summed E-state index contributed by atoms with van der Waals surface area (Å²) < 4.78 is 0. The van der Waals surface area contributed by atoms with Crippen molar-refractivity contribution in [3.63, 3.8) is 0 Å². The number of fused-ring (bicyclic) bond motifs is 1. The van der Waals surface area contributed by atoms with E-state index in [9.17, 15) is 9.90 Å². The predicted octanol–water partition coefficient (Wildman–Crippen LogP) is 3.23. The standard InChI is InChI=1S/C16H20N2O2/c1-3-4-7-10-17-11(2)14-15(19)12-8-5-6-9-13(12)18-16(14)20/h5-6,8-9H,3-4,7,10H2,1-2H3,(H2,18,19,20). The Morgan fingerprint density at radius 1 is 1.30 bits per heavy atom. The van der Waals surface area contributed by atoms with Gasteiger partial charge >= 0.3 is 0 Å². The van der Waals surface area contributed by atoms with E-state index < -0.39 is 0 Å². The molecule has 0 spiro atoms. The van der Waals surface area contributed by atoms with Gasteiger partial charge in [-0.3, -0.25) is 9.79 Å². The fourth-order valence-corrected chi connectivity index (χ4v) is 2.25. The molecule has 4 heteroatoms. The summed E-state index contributed by atoms with van der Waals surface area (Å²) in [7, 11) is 0. The Morgan fingerprint density at radius 2 is 2.05 bits per heavy atom. The Balaban J connectivity index is 2.41. The maximum Gasteiger partial charge on any atom is 0.261 e. The molecule has 0 bridgehead atoms. The first kappa shape index (κ1) is 14.3. The molecule has 20 heavy (non-hydrogen) atoms. The molecule has 2 aromatic rings. The van der Waals surface area contributed by atoms with Gasteiger partial charge in [0.15, 0.2) is 0 Å². The number of aromatic amines is 1. The Bertz CT molecular complexity index is 686. The van der Waals surface area contributed by atoms with E-state index in [1.54, 1.807) is 19.1 Å². The van der Waals surface area contributed by atoms with Gasteiger partial charge in [0.05, 0.1) is 5.52 Å². The molecule has 1 heterocycles. The summed E-state index contributed by atoms with van der Waals surface area (Å²) in [5.41, 5.74) is 1.21. The van der Waals surface area contributed by atoms with E-state index >= 15 is 0 Å². The summed E-state index contributed by atoms with van der Waals surface area (Å²) in [6, 6.07) is 7.21. The van der Waals surface area contributed by atoms with E-state index in [0.29, 0.717) is 23.2 Å². The number of hydrogen-bond acceptors (Lipinski definition) is 3. The van der Waals surface area contributed by atoms with Crippen LogP contribution in [0.5, 0.6) is 5.75 Å². The lowest BCUT2D eigenvalue weighted by Crippen LogP contribution is -2.17. The lowest BCUT2D eigenvalue weighted by Gasteiger charge is -2.07. The highest BCUT2D eigenvalue weighted by molar-refractivity contribution is 6.05. The van der Waals surface area contributed by atoms with Crippen LogP contribution in [-0.4, -0.2) is 22.3 Å². The average Bonchev–Trinajstić information content (AvgIpc) is 2.43. The first-order valence-electron chi connectivity index (χ1n) is 7.00. The maximum atomic E-state index is 12.1. The third kappa shape index (κ3) is 2.90. The van der Waals surface area contributed by atoms with Crippen LogP contribution in [0.15, 0.2) is 34.1 Å². The third-order valence-electron chi connectivity index (χ3n) is 3.37. The number of rotatable bonds is 5. The van der Waals surface area contributed by atoms with Gasteiger partial charge in [-0.25, -0.2) is 0 Å². The van der Waals surface area contributed by atoms with Crippen LogP contribution in [0.4, 0.5) is 0 Å². The van der Waals surface area contributed by atoms with Crippen LogP contribution < -0.4 is 5.56 Å². The Hall–Kier alpha value is -2.10. The molecule has 0 saturated heterocycles. The minimum Gasteiger partial charge on any atom is -0.506 e. The molecular formula is C16H20N2O2. The molecular weight excluding hydrogens is 252 g/mol. The molecule has 0 amide bonds. The van der Waals surface area contributed by atoms with Crippen molar-refractivity contribution in [1.29, 1.82) is 0 Å². The van der Waals surface area contributed by atoms with Crippen molar-refractivity contribution in [2.75, 3.05) is 6.54 Å². The number of hydrogen-bond donors (Lipinski definition) is 2. The number of benzene rings is 1.